The van der Waals surface area contributed by atoms with Gasteiger partial charge in [0.1, 0.15) is 0 Å². The van der Waals surface area contributed by atoms with Gasteiger partial charge in [-0.1, -0.05) is 59.1 Å². The summed E-state index contributed by atoms with van der Waals surface area (Å²) < 4.78 is 0. The average Bonchev–Trinajstić information content (AvgIpc) is 2.47. The van der Waals surface area contributed by atoms with E-state index in [1.54, 1.807) is 18.2 Å². The maximum absolute atomic E-state index is 11.8. The number of carbonyl (C=O) groups is 1. The lowest BCUT2D eigenvalue weighted by atomic mass is 10.1. The van der Waals surface area contributed by atoms with Crippen LogP contribution in [0.4, 0.5) is 0 Å². The van der Waals surface area contributed by atoms with Crippen LogP contribution in [0, 0.1) is 0 Å². The van der Waals surface area contributed by atoms with Crippen LogP contribution in [0.1, 0.15) is 17.5 Å². The lowest BCUT2D eigenvalue weighted by molar-refractivity contribution is -0.121. The predicted molar refractivity (Wildman–Crippen MR) is 88.1 cm³/mol. The van der Waals surface area contributed by atoms with E-state index < -0.39 is 0 Å². The summed E-state index contributed by atoms with van der Waals surface area (Å²) in [4.78, 5) is 11.8. The summed E-state index contributed by atoms with van der Waals surface area (Å²) in [5, 5.41) is 4.53. The minimum atomic E-state index is -0.0269. The van der Waals surface area contributed by atoms with Gasteiger partial charge in [0.25, 0.3) is 0 Å². The predicted octanol–water partition coefficient (Wildman–Crippen LogP) is 4.90. The van der Waals surface area contributed by atoms with Crippen LogP contribution >= 0.6 is 34.8 Å². The largest absolute Gasteiger partial charge is 0.352 e. The van der Waals surface area contributed by atoms with Crippen LogP contribution in [0.25, 0.3) is 0 Å². The van der Waals surface area contributed by atoms with Crippen molar-refractivity contribution in [3.8, 4) is 0 Å². The molecule has 0 saturated heterocycles. The first-order valence-electron chi connectivity index (χ1n) is 6.50. The monoisotopic (exact) mass is 341 g/mol. The quantitative estimate of drug-likeness (QED) is 0.823. The number of amides is 1. The topological polar surface area (TPSA) is 29.1 Å². The number of hydrogen-bond acceptors (Lipinski definition) is 1. The van der Waals surface area contributed by atoms with E-state index in [2.05, 4.69) is 5.32 Å². The summed E-state index contributed by atoms with van der Waals surface area (Å²) in [6.45, 7) is 0.430. The van der Waals surface area contributed by atoms with Gasteiger partial charge < -0.3 is 5.32 Å². The Morgan fingerprint density at radius 1 is 0.952 bits per heavy atom. The zero-order chi connectivity index (χ0) is 15.2. The highest BCUT2D eigenvalue weighted by Crippen LogP contribution is 2.23. The summed E-state index contributed by atoms with van der Waals surface area (Å²) in [5.41, 5.74) is 1.89. The van der Waals surface area contributed by atoms with Gasteiger partial charge in [-0.3, -0.25) is 4.79 Å². The van der Waals surface area contributed by atoms with Crippen molar-refractivity contribution in [3.63, 3.8) is 0 Å². The molecule has 0 fully saturated rings. The number of carbonyl (C=O) groups excluding carboxylic acids is 1. The minimum absolute atomic E-state index is 0.0269. The van der Waals surface area contributed by atoms with Crippen molar-refractivity contribution in [2.24, 2.45) is 0 Å². The molecule has 0 radical (unpaired) electrons. The van der Waals surface area contributed by atoms with E-state index in [-0.39, 0.29) is 5.91 Å². The molecule has 0 heterocycles. The highest BCUT2D eigenvalue weighted by atomic mass is 35.5. The molecule has 110 valence electrons. The molecular weight excluding hydrogens is 329 g/mol. The standard InChI is InChI=1S/C16H14Cl3NO/c17-13-4-2-1-3-12(13)10-20-16(21)8-6-11-5-7-14(18)15(19)9-11/h1-5,7,9H,6,8,10H2,(H,20,21). The molecule has 1 amide bonds. The first-order valence-corrected chi connectivity index (χ1v) is 7.63. The fraction of sp³-hybridized carbons (Fsp3) is 0.188. The summed E-state index contributed by atoms with van der Waals surface area (Å²) in [5.74, 6) is -0.0269. The maximum Gasteiger partial charge on any atom is 0.220 e. The Morgan fingerprint density at radius 3 is 2.43 bits per heavy atom. The van der Waals surface area contributed by atoms with Crippen LogP contribution in [0.5, 0.6) is 0 Å². The maximum atomic E-state index is 11.8. The van der Waals surface area contributed by atoms with E-state index in [1.807, 2.05) is 24.3 Å². The molecule has 0 atom stereocenters. The molecule has 0 aliphatic rings. The van der Waals surface area contributed by atoms with Gasteiger partial charge in [-0.05, 0) is 35.7 Å². The molecule has 1 N–H and O–H groups in total. The molecule has 0 aliphatic heterocycles. The summed E-state index contributed by atoms with van der Waals surface area (Å²) >= 11 is 17.8. The molecule has 0 aromatic heterocycles. The second kappa shape index (κ2) is 7.69. The van der Waals surface area contributed by atoms with Crippen molar-refractivity contribution in [3.05, 3.63) is 68.7 Å². The fourth-order valence-corrected chi connectivity index (χ4v) is 2.40. The van der Waals surface area contributed by atoms with Gasteiger partial charge in [0.2, 0.25) is 5.91 Å². The van der Waals surface area contributed by atoms with Gasteiger partial charge in [0.15, 0.2) is 0 Å². The van der Waals surface area contributed by atoms with Crippen molar-refractivity contribution >= 4 is 40.7 Å². The molecule has 2 aromatic rings. The molecule has 0 aliphatic carbocycles. The highest BCUT2D eigenvalue weighted by molar-refractivity contribution is 6.42. The first-order chi connectivity index (χ1) is 10.1. The van der Waals surface area contributed by atoms with Crippen LogP contribution in [0.15, 0.2) is 42.5 Å². The van der Waals surface area contributed by atoms with E-state index >= 15 is 0 Å². The number of halogens is 3. The van der Waals surface area contributed by atoms with E-state index in [4.69, 9.17) is 34.8 Å². The second-order valence-corrected chi connectivity index (χ2v) is 5.84. The lowest BCUT2D eigenvalue weighted by Gasteiger charge is -2.07. The van der Waals surface area contributed by atoms with E-state index in [9.17, 15) is 4.79 Å². The molecule has 2 rings (SSSR count). The molecule has 5 heteroatoms. The van der Waals surface area contributed by atoms with Crippen molar-refractivity contribution in [1.82, 2.24) is 5.32 Å². The SMILES string of the molecule is O=C(CCc1ccc(Cl)c(Cl)c1)NCc1ccccc1Cl. The third kappa shape index (κ3) is 4.92. The Labute approximate surface area is 139 Å². The van der Waals surface area contributed by atoms with Crippen LogP contribution in [-0.4, -0.2) is 5.91 Å². The molecular formula is C16H14Cl3NO. The van der Waals surface area contributed by atoms with E-state index in [0.717, 1.165) is 11.1 Å². The van der Waals surface area contributed by atoms with Gasteiger partial charge in [-0.2, -0.15) is 0 Å². The Morgan fingerprint density at radius 2 is 1.71 bits per heavy atom. The molecule has 0 saturated carbocycles. The van der Waals surface area contributed by atoms with Crippen LogP contribution < -0.4 is 5.32 Å². The van der Waals surface area contributed by atoms with Gasteiger partial charge in [-0.25, -0.2) is 0 Å². The Balaban J connectivity index is 1.82. The van der Waals surface area contributed by atoms with Crippen molar-refractivity contribution < 1.29 is 4.79 Å². The first kappa shape index (κ1) is 16.2. The third-order valence-corrected chi connectivity index (χ3v) is 4.17. The Bertz CT molecular complexity index is 643. The van der Waals surface area contributed by atoms with Gasteiger partial charge in [0, 0.05) is 18.0 Å². The lowest BCUT2D eigenvalue weighted by Crippen LogP contribution is -2.23. The zero-order valence-corrected chi connectivity index (χ0v) is 13.5. The van der Waals surface area contributed by atoms with Crippen LogP contribution in [0.3, 0.4) is 0 Å². The Kier molecular flexibility index (Phi) is 5.92. The van der Waals surface area contributed by atoms with Crippen molar-refractivity contribution in [1.29, 1.82) is 0 Å². The van der Waals surface area contributed by atoms with E-state index in [0.29, 0.717) is 34.5 Å². The van der Waals surface area contributed by atoms with Gasteiger partial charge in [-0.15, -0.1) is 0 Å². The molecule has 0 bridgehead atoms. The number of hydrogen-bond donors (Lipinski definition) is 1. The molecule has 0 unspecified atom stereocenters. The number of rotatable bonds is 5. The summed E-state index contributed by atoms with van der Waals surface area (Å²) in [6.07, 6.45) is 1.01. The van der Waals surface area contributed by atoms with E-state index in [1.165, 1.54) is 0 Å². The van der Waals surface area contributed by atoms with Crippen LogP contribution in [-0.2, 0) is 17.8 Å². The molecule has 2 aromatic carbocycles. The fourth-order valence-electron chi connectivity index (χ4n) is 1.88. The third-order valence-electron chi connectivity index (χ3n) is 3.06. The van der Waals surface area contributed by atoms with Crippen molar-refractivity contribution in [2.75, 3.05) is 0 Å². The highest BCUT2D eigenvalue weighted by Gasteiger charge is 2.05. The molecule has 0 spiro atoms. The number of benzene rings is 2. The summed E-state index contributed by atoms with van der Waals surface area (Å²) in [7, 11) is 0. The Hall–Kier alpha value is -1.22. The van der Waals surface area contributed by atoms with Crippen molar-refractivity contribution in [2.45, 2.75) is 19.4 Å². The van der Waals surface area contributed by atoms with Gasteiger partial charge >= 0.3 is 0 Å². The summed E-state index contributed by atoms with van der Waals surface area (Å²) in [6, 6.07) is 12.8. The smallest absolute Gasteiger partial charge is 0.220 e. The average molecular weight is 343 g/mol. The van der Waals surface area contributed by atoms with Crippen LogP contribution in [0.2, 0.25) is 15.1 Å². The normalized spacial score (nSPS) is 10.4. The number of aryl methyl sites for hydroxylation is 1. The molecule has 2 nitrogen and oxygen atoms in total. The minimum Gasteiger partial charge on any atom is -0.352 e. The zero-order valence-electron chi connectivity index (χ0n) is 11.2. The number of nitrogens with one attached hydrogen (secondary N) is 1. The van der Waals surface area contributed by atoms with Gasteiger partial charge in [0.05, 0.1) is 10.0 Å². The molecule has 21 heavy (non-hydrogen) atoms. The second-order valence-electron chi connectivity index (χ2n) is 4.62.